The molecule has 1 fully saturated rings. The third-order valence-electron chi connectivity index (χ3n) is 5.78. The first-order valence-electron chi connectivity index (χ1n) is 10.3. The molecule has 0 atom stereocenters. The third kappa shape index (κ3) is 4.30. The normalized spacial score (nSPS) is 15.5. The van der Waals surface area contributed by atoms with Gasteiger partial charge in [-0.3, -0.25) is 24.1 Å². The molecule has 0 radical (unpaired) electrons. The van der Waals surface area contributed by atoms with Crippen LogP contribution in [0.1, 0.15) is 31.1 Å². The lowest BCUT2D eigenvalue weighted by molar-refractivity contribution is -0.132. The number of ether oxygens (including phenoxy) is 2. The molecular weight excluding hydrogens is 494 g/mol. The first-order valence-corrected chi connectivity index (χ1v) is 11.1. The number of amides is 4. The predicted molar refractivity (Wildman–Crippen MR) is 122 cm³/mol. The van der Waals surface area contributed by atoms with Gasteiger partial charge in [-0.25, -0.2) is 0 Å². The van der Waals surface area contributed by atoms with Gasteiger partial charge in [0.2, 0.25) is 5.91 Å². The van der Waals surface area contributed by atoms with Crippen LogP contribution in [0.4, 0.5) is 0 Å². The molecule has 0 aromatic heterocycles. The highest BCUT2D eigenvalue weighted by Gasteiger charge is 2.38. The number of hydrogen-bond donors (Lipinski definition) is 0. The number of hydrogen-bond acceptors (Lipinski definition) is 6. The Labute approximate surface area is 199 Å². The second-order valence-corrected chi connectivity index (χ2v) is 8.54. The van der Waals surface area contributed by atoms with Crippen molar-refractivity contribution in [3.63, 3.8) is 0 Å². The van der Waals surface area contributed by atoms with Crippen molar-refractivity contribution < 1.29 is 28.7 Å². The molecule has 0 saturated carbocycles. The van der Waals surface area contributed by atoms with E-state index in [1.165, 1.54) is 14.2 Å². The number of carbonyl (C=O) groups excluding carboxylic acids is 4. The van der Waals surface area contributed by atoms with Gasteiger partial charge in [-0.15, -0.1) is 0 Å². The molecule has 33 heavy (non-hydrogen) atoms. The molecule has 0 N–H and O–H groups in total. The van der Waals surface area contributed by atoms with Crippen LogP contribution in [0.25, 0.3) is 0 Å². The van der Waals surface area contributed by atoms with Crippen molar-refractivity contribution in [2.24, 2.45) is 0 Å². The van der Waals surface area contributed by atoms with Gasteiger partial charge in [0.1, 0.15) is 6.54 Å². The van der Waals surface area contributed by atoms with Crippen molar-refractivity contribution in [2.45, 2.75) is 0 Å². The van der Waals surface area contributed by atoms with Gasteiger partial charge in [0, 0.05) is 36.2 Å². The van der Waals surface area contributed by atoms with Gasteiger partial charge in [-0.1, -0.05) is 15.9 Å². The fourth-order valence-electron chi connectivity index (χ4n) is 3.95. The molecule has 0 bridgehead atoms. The number of imide groups is 1. The molecule has 2 aromatic carbocycles. The molecule has 0 unspecified atom stereocenters. The molecule has 2 aliphatic rings. The van der Waals surface area contributed by atoms with Gasteiger partial charge >= 0.3 is 0 Å². The van der Waals surface area contributed by atoms with Gasteiger partial charge in [0.15, 0.2) is 11.5 Å². The van der Waals surface area contributed by atoms with Gasteiger partial charge in [0.25, 0.3) is 17.7 Å². The number of piperazine rings is 1. The fourth-order valence-corrected chi connectivity index (χ4v) is 4.31. The zero-order valence-electron chi connectivity index (χ0n) is 18.2. The van der Waals surface area contributed by atoms with Crippen LogP contribution in [0.2, 0.25) is 0 Å². The smallest absolute Gasteiger partial charge is 0.262 e. The van der Waals surface area contributed by atoms with Crippen LogP contribution in [-0.4, -0.2) is 85.3 Å². The van der Waals surface area contributed by atoms with Crippen LogP contribution in [0.3, 0.4) is 0 Å². The number of rotatable bonds is 5. The van der Waals surface area contributed by atoms with Crippen LogP contribution < -0.4 is 9.47 Å². The van der Waals surface area contributed by atoms with Crippen LogP contribution in [0, 0.1) is 0 Å². The number of methoxy groups -OCH3 is 2. The maximum Gasteiger partial charge on any atom is 0.262 e. The van der Waals surface area contributed by atoms with E-state index < -0.39 is 11.8 Å². The summed E-state index contributed by atoms with van der Waals surface area (Å²) in [6.45, 7) is 0.981. The summed E-state index contributed by atoms with van der Waals surface area (Å²) in [5.41, 5.74) is 1.04. The monoisotopic (exact) mass is 515 g/mol. The highest BCUT2D eigenvalue weighted by Crippen LogP contribution is 2.28. The first-order chi connectivity index (χ1) is 15.8. The molecule has 2 heterocycles. The Morgan fingerprint density at radius 3 is 2.15 bits per heavy atom. The van der Waals surface area contributed by atoms with E-state index in [0.717, 1.165) is 4.90 Å². The highest BCUT2D eigenvalue weighted by atomic mass is 79.9. The van der Waals surface area contributed by atoms with Crippen molar-refractivity contribution in [3.8, 4) is 11.5 Å². The minimum atomic E-state index is -0.480. The molecule has 4 rings (SSSR count). The van der Waals surface area contributed by atoms with E-state index in [0.29, 0.717) is 53.3 Å². The SMILES string of the molecule is COc1ccc(C(=O)N2CCN(C(=O)CN3C(=O)c4ccc(Br)cc4C3=O)CC2)cc1OC. The molecule has 0 aliphatic carbocycles. The van der Waals surface area contributed by atoms with E-state index in [4.69, 9.17) is 9.47 Å². The lowest BCUT2D eigenvalue weighted by Gasteiger charge is -2.35. The number of nitrogens with zero attached hydrogens (tertiary/aromatic N) is 3. The lowest BCUT2D eigenvalue weighted by atomic mass is 10.1. The van der Waals surface area contributed by atoms with E-state index in [1.54, 1.807) is 46.2 Å². The third-order valence-corrected chi connectivity index (χ3v) is 6.27. The van der Waals surface area contributed by atoms with Crippen molar-refractivity contribution in [3.05, 3.63) is 57.6 Å². The summed E-state index contributed by atoms with van der Waals surface area (Å²) < 4.78 is 11.2. The lowest BCUT2D eigenvalue weighted by Crippen LogP contribution is -2.53. The average Bonchev–Trinajstić information content (AvgIpc) is 3.07. The molecule has 172 valence electrons. The van der Waals surface area contributed by atoms with Gasteiger partial charge in [-0.2, -0.15) is 0 Å². The number of fused-ring (bicyclic) bond motifs is 1. The molecule has 4 amide bonds. The molecule has 10 heteroatoms. The van der Waals surface area contributed by atoms with E-state index in [2.05, 4.69) is 15.9 Å². The summed E-state index contributed by atoms with van der Waals surface area (Å²) in [7, 11) is 3.03. The Bertz CT molecular complexity index is 1140. The molecular formula is C23H22BrN3O6. The van der Waals surface area contributed by atoms with Crippen molar-refractivity contribution in [1.29, 1.82) is 0 Å². The van der Waals surface area contributed by atoms with E-state index in [9.17, 15) is 19.2 Å². The largest absolute Gasteiger partial charge is 0.493 e. The van der Waals surface area contributed by atoms with E-state index in [1.807, 2.05) is 0 Å². The topological polar surface area (TPSA) is 96.5 Å². The summed E-state index contributed by atoms with van der Waals surface area (Å²) in [6.07, 6.45) is 0. The quantitative estimate of drug-likeness (QED) is 0.565. The maximum atomic E-state index is 12.9. The zero-order valence-corrected chi connectivity index (χ0v) is 19.8. The Morgan fingerprint density at radius 1 is 0.848 bits per heavy atom. The second-order valence-electron chi connectivity index (χ2n) is 7.63. The molecule has 0 spiro atoms. The first kappa shape index (κ1) is 22.8. The molecule has 2 aliphatic heterocycles. The van der Waals surface area contributed by atoms with Crippen molar-refractivity contribution >= 4 is 39.6 Å². The second kappa shape index (κ2) is 9.22. The maximum absolute atomic E-state index is 12.9. The van der Waals surface area contributed by atoms with Crippen LogP contribution >= 0.6 is 15.9 Å². The Morgan fingerprint density at radius 2 is 1.48 bits per heavy atom. The number of benzene rings is 2. The minimum absolute atomic E-state index is 0.172. The Hall–Kier alpha value is -3.40. The van der Waals surface area contributed by atoms with Gasteiger partial charge in [0.05, 0.1) is 25.3 Å². The van der Waals surface area contributed by atoms with Crippen LogP contribution in [-0.2, 0) is 4.79 Å². The highest BCUT2D eigenvalue weighted by molar-refractivity contribution is 9.10. The molecule has 9 nitrogen and oxygen atoms in total. The van der Waals surface area contributed by atoms with Crippen molar-refractivity contribution in [1.82, 2.24) is 14.7 Å². The molecule has 1 saturated heterocycles. The number of halogens is 1. The van der Waals surface area contributed by atoms with Crippen LogP contribution in [0.15, 0.2) is 40.9 Å². The van der Waals surface area contributed by atoms with Gasteiger partial charge in [-0.05, 0) is 36.4 Å². The summed E-state index contributed by atoms with van der Waals surface area (Å²) >= 11 is 3.29. The van der Waals surface area contributed by atoms with Crippen LogP contribution in [0.5, 0.6) is 11.5 Å². The summed E-state index contributed by atoms with van der Waals surface area (Å²) in [6, 6.07) is 9.80. The molecule has 2 aromatic rings. The van der Waals surface area contributed by atoms with E-state index in [-0.39, 0.29) is 23.9 Å². The Balaban J connectivity index is 1.36. The minimum Gasteiger partial charge on any atom is -0.493 e. The summed E-state index contributed by atoms with van der Waals surface area (Å²) in [5, 5.41) is 0. The summed E-state index contributed by atoms with van der Waals surface area (Å²) in [4.78, 5) is 55.1. The van der Waals surface area contributed by atoms with E-state index >= 15 is 0 Å². The van der Waals surface area contributed by atoms with Crippen molar-refractivity contribution in [2.75, 3.05) is 46.9 Å². The summed E-state index contributed by atoms with van der Waals surface area (Å²) in [5.74, 6) is -0.462. The van der Waals surface area contributed by atoms with Gasteiger partial charge < -0.3 is 19.3 Å². The standard InChI is InChI=1S/C23H22BrN3O6/c1-32-18-6-3-14(11-19(18)33-2)21(29)26-9-7-25(8-10-26)20(28)13-27-22(30)16-5-4-15(24)12-17(16)23(27)31/h3-6,11-12H,7-10,13H2,1-2H3. The Kier molecular flexibility index (Phi) is 6.37. The zero-order chi connectivity index (χ0) is 23.7. The predicted octanol–water partition coefficient (Wildman–Crippen LogP) is 2.05. The average molecular weight is 516 g/mol. The number of carbonyl (C=O) groups is 4. The fraction of sp³-hybridized carbons (Fsp3) is 0.304.